The summed E-state index contributed by atoms with van der Waals surface area (Å²) < 4.78 is 7.19. The summed E-state index contributed by atoms with van der Waals surface area (Å²) in [4.78, 5) is 16.6. The van der Waals surface area contributed by atoms with Crippen molar-refractivity contribution < 1.29 is 9.21 Å². The number of oxazole rings is 1. The number of carbonyl (C=O) groups excluding carboxylic acids is 1. The molecule has 0 saturated carbocycles. The Bertz CT molecular complexity index is 1120. The Morgan fingerprint density at radius 2 is 1.72 bits per heavy atom. The minimum atomic E-state index is -0.153. The van der Waals surface area contributed by atoms with Crippen LogP contribution in [0.5, 0.6) is 0 Å². The predicted octanol–water partition coefficient (Wildman–Crippen LogP) is 4.69. The lowest BCUT2D eigenvalue weighted by atomic mass is 10.2. The summed E-state index contributed by atoms with van der Waals surface area (Å²) in [6, 6.07) is 14.5. The Kier molecular flexibility index (Phi) is 5.64. The van der Waals surface area contributed by atoms with E-state index < -0.39 is 0 Å². The van der Waals surface area contributed by atoms with Gasteiger partial charge in [0.05, 0.1) is 24.0 Å². The first-order valence-corrected chi connectivity index (χ1v) is 9.59. The fraction of sp³-hybridized carbons (Fsp3) is 0.0952. The molecule has 0 fully saturated rings. The summed E-state index contributed by atoms with van der Waals surface area (Å²) in [5, 5.41) is 8.48. The molecule has 0 radical (unpaired) electrons. The van der Waals surface area contributed by atoms with Crippen LogP contribution in [0.25, 0.3) is 17.1 Å². The summed E-state index contributed by atoms with van der Waals surface area (Å²) in [5.74, 6) is 0.300. The maximum absolute atomic E-state index is 12.2. The predicted molar refractivity (Wildman–Crippen MR) is 111 cm³/mol. The molecule has 0 bridgehead atoms. The van der Waals surface area contributed by atoms with Crippen LogP contribution >= 0.6 is 23.2 Å². The maximum atomic E-state index is 12.2. The molecule has 0 aliphatic rings. The van der Waals surface area contributed by atoms with E-state index in [1.165, 1.54) is 6.26 Å². The fourth-order valence-corrected chi connectivity index (χ4v) is 2.98. The Labute approximate surface area is 177 Å². The Balaban J connectivity index is 1.33. The standard InChI is InChI=1S/C21H16Cl2N4O2/c22-16-3-1-15(2-4-16)21-26-18(13-29-21)9-20(28)24-10-14-11-25-27(12-14)19-7-5-17(23)6-8-19/h1-8,11-13H,9-10H2,(H,24,28). The van der Waals surface area contributed by atoms with Crippen molar-refractivity contribution in [3.63, 3.8) is 0 Å². The Hall–Kier alpha value is -3.09. The van der Waals surface area contributed by atoms with E-state index in [1.807, 2.05) is 30.5 Å². The summed E-state index contributed by atoms with van der Waals surface area (Å²) in [5.41, 5.74) is 3.14. The first-order chi connectivity index (χ1) is 14.1. The van der Waals surface area contributed by atoms with E-state index in [1.54, 1.807) is 35.1 Å². The number of hydrogen-bond acceptors (Lipinski definition) is 4. The van der Waals surface area contributed by atoms with Gasteiger partial charge in [0, 0.05) is 33.9 Å². The number of amides is 1. The molecule has 29 heavy (non-hydrogen) atoms. The summed E-state index contributed by atoms with van der Waals surface area (Å²) >= 11 is 11.8. The minimum Gasteiger partial charge on any atom is -0.444 e. The second-order valence-corrected chi connectivity index (χ2v) is 7.25. The van der Waals surface area contributed by atoms with Crippen molar-refractivity contribution >= 4 is 29.1 Å². The van der Waals surface area contributed by atoms with Crippen molar-refractivity contribution in [2.45, 2.75) is 13.0 Å². The van der Waals surface area contributed by atoms with Gasteiger partial charge in [0.2, 0.25) is 11.8 Å². The summed E-state index contributed by atoms with van der Waals surface area (Å²) in [6.07, 6.45) is 5.19. The van der Waals surface area contributed by atoms with E-state index in [9.17, 15) is 4.79 Å². The molecule has 8 heteroatoms. The average Bonchev–Trinajstić information content (AvgIpc) is 3.37. The molecule has 2 heterocycles. The van der Waals surface area contributed by atoms with E-state index in [-0.39, 0.29) is 12.3 Å². The van der Waals surface area contributed by atoms with Crippen LogP contribution in [0.1, 0.15) is 11.3 Å². The largest absolute Gasteiger partial charge is 0.444 e. The summed E-state index contributed by atoms with van der Waals surface area (Å²) in [6.45, 7) is 0.369. The number of nitrogens with one attached hydrogen (secondary N) is 1. The molecule has 0 atom stereocenters. The van der Waals surface area contributed by atoms with E-state index in [4.69, 9.17) is 27.6 Å². The van der Waals surface area contributed by atoms with Gasteiger partial charge in [0.25, 0.3) is 0 Å². The van der Waals surface area contributed by atoms with Crippen LogP contribution in [0, 0.1) is 0 Å². The quantitative estimate of drug-likeness (QED) is 0.485. The van der Waals surface area contributed by atoms with Crippen molar-refractivity contribution in [3.8, 4) is 17.1 Å². The highest BCUT2D eigenvalue weighted by Gasteiger charge is 2.11. The number of carbonyl (C=O) groups is 1. The maximum Gasteiger partial charge on any atom is 0.226 e. The monoisotopic (exact) mass is 426 g/mol. The van der Waals surface area contributed by atoms with Crippen molar-refractivity contribution in [2.24, 2.45) is 0 Å². The number of rotatable bonds is 6. The highest BCUT2D eigenvalue weighted by Crippen LogP contribution is 2.21. The van der Waals surface area contributed by atoms with Crippen LogP contribution in [-0.4, -0.2) is 20.7 Å². The van der Waals surface area contributed by atoms with Gasteiger partial charge in [-0.05, 0) is 48.5 Å². The molecule has 2 aromatic heterocycles. The number of nitrogens with zero attached hydrogens (tertiary/aromatic N) is 3. The third-order valence-corrected chi connectivity index (χ3v) is 4.71. The van der Waals surface area contributed by atoms with Crippen LogP contribution < -0.4 is 5.32 Å². The first kappa shape index (κ1) is 19.2. The van der Waals surface area contributed by atoms with Gasteiger partial charge in [-0.15, -0.1) is 0 Å². The van der Waals surface area contributed by atoms with Gasteiger partial charge in [-0.25, -0.2) is 9.67 Å². The van der Waals surface area contributed by atoms with Crippen molar-refractivity contribution in [2.75, 3.05) is 0 Å². The Morgan fingerprint density at radius 1 is 1.03 bits per heavy atom. The zero-order valence-corrected chi connectivity index (χ0v) is 16.7. The number of hydrogen-bond donors (Lipinski definition) is 1. The molecule has 4 rings (SSSR count). The lowest BCUT2D eigenvalue weighted by Crippen LogP contribution is -2.24. The molecule has 1 N–H and O–H groups in total. The molecular weight excluding hydrogens is 411 g/mol. The van der Waals surface area contributed by atoms with Gasteiger partial charge < -0.3 is 9.73 Å². The molecular formula is C21H16Cl2N4O2. The van der Waals surface area contributed by atoms with Gasteiger partial charge in [-0.1, -0.05) is 23.2 Å². The van der Waals surface area contributed by atoms with Gasteiger partial charge in [0.1, 0.15) is 6.26 Å². The van der Waals surface area contributed by atoms with Gasteiger partial charge in [-0.3, -0.25) is 4.79 Å². The van der Waals surface area contributed by atoms with Crippen LogP contribution in [0.15, 0.2) is 71.6 Å². The number of halogens is 2. The van der Waals surface area contributed by atoms with E-state index in [0.717, 1.165) is 16.8 Å². The van der Waals surface area contributed by atoms with Crippen LogP contribution in [-0.2, 0) is 17.8 Å². The first-order valence-electron chi connectivity index (χ1n) is 8.83. The summed E-state index contributed by atoms with van der Waals surface area (Å²) in [7, 11) is 0. The molecule has 0 aliphatic carbocycles. The van der Waals surface area contributed by atoms with Gasteiger partial charge in [-0.2, -0.15) is 5.10 Å². The van der Waals surface area contributed by atoms with E-state index in [2.05, 4.69) is 15.4 Å². The second-order valence-electron chi connectivity index (χ2n) is 6.37. The third kappa shape index (κ3) is 4.85. The van der Waals surface area contributed by atoms with E-state index in [0.29, 0.717) is 28.2 Å². The lowest BCUT2D eigenvalue weighted by molar-refractivity contribution is -0.120. The third-order valence-electron chi connectivity index (χ3n) is 4.20. The average molecular weight is 427 g/mol. The number of benzene rings is 2. The highest BCUT2D eigenvalue weighted by atomic mass is 35.5. The Morgan fingerprint density at radius 3 is 2.45 bits per heavy atom. The molecule has 146 valence electrons. The van der Waals surface area contributed by atoms with Crippen LogP contribution in [0.4, 0.5) is 0 Å². The molecule has 6 nitrogen and oxygen atoms in total. The van der Waals surface area contributed by atoms with Crippen LogP contribution in [0.2, 0.25) is 10.0 Å². The zero-order valence-electron chi connectivity index (χ0n) is 15.2. The molecule has 0 unspecified atom stereocenters. The molecule has 0 spiro atoms. The normalized spacial score (nSPS) is 10.8. The smallest absolute Gasteiger partial charge is 0.226 e. The van der Waals surface area contributed by atoms with Crippen molar-refractivity contribution in [1.82, 2.24) is 20.1 Å². The lowest BCUT2D eigenvalue weighted by Gasteiger charge is -2.02. The van der Waals surface area contributed by atoms with Gasteiger partial charge >= 0.3 is 0 Å². The zero-order chi connectivity index (χ0) is 20.2. The SMILES string of the molecule is O=C(Cc1coc(-c2ccc(Cl)cc2)n1)NCc1cnn(-c2ccc(Cl)cc2)c1. The van der Waals surface area contributed by atoms with Gasteiger partial charge in [0.15, 0.2) is 0 Å². The van der Waals surface area contributed by atoms with Crippen molar-refractivity contribution in [3.05, 3.63) is 88.5 Å². The minimum absolute atomic E-state index is 0.127. The molecule has 0 aliphatic heterocycles. The van der Waals surface area contributed by atoms with Crippen molar-refractivity contribution in [1.29, 1.82) is 0 Å². The molecule has 0 saturated heterocycles. The second kappa shape index (κ2) is 8.51. The van der Waals surface area contributed by atoms with Crippen LogP contribution in [0.3, 0.4) is 0 Å². The molecule has 1 amide bonds. The number of aromatic nitrogens is 3. The fourth-order valence-electron chi connectivity index (χ4n) is 2.73. The van der Waals surface area contributed by atoms with E-state index >= 15 is 0 Å². The molecule has 4 aromatic rings. The topological polar surface area (TPSA) is 73.0 Å². The highest BCUT2D eigenvalue weighted by molar-refractivity contribution is 6.30. The molecule has 2 aromatic carbocycles.